The Bertz CT molecular complexity index is 853. The molecule has 5 nitrogen and oxygen atoms in total. The number of allylic oxidation sites excluding steroid dienone is 1. The Morgan fingerprint density at radius 2 is 1.67 bits per heavy atom. The second kappa shape index (κ2) is 6.55. The fourth-order valence-corrected chi connectivity index (χ4v) is 6.64. The van der Waals surface area contributed by atoms with Crippen molar-refractivity contribution in [2.45, 2.75) is 30.1 Å². The lowest BCUT2D eigenvalue weighted by Crippen LogP contribution is -2.42. The first-order chi connectivity index (χ1) is 12.9. The van der Waals surface area contributed by atoms with Gasteiger partial charge in [0.25, 0.3) is 10.1 Å². The standard InChI is InChI=1S/C21H26O5S/c1-5-14-12-18(26-27(22,23)15-8-6-13(2)7-9-15)20-17-11-10-16(19(14)20)21(17,24-3)25-4/h5-11,14,16-20H,1,12H2,2-4H3/t14-,16+,17-,18+,19-,20+/m1/s1. The first-order valence-corrected chi connectivity index (χ1v) is 10.7. The molecular weight excluding hydrogens is 364 g/mol. The average Bonchev–Trinajstić information content (AvgIpc) is 3.28. The van der Waals surface area contributed by atoms with E-state index in [1.54, 1.807) is 38.5 Å². The van der Waals surface area contributed by atoms with Gasteiger partial charge in [-0.25, -0.2) is 0 Å². The largest absolute Gasteiger partial charge is 0.352 e. The summed E-state index contributed by atoms with van der Waals surface area (Å²) in [5, 5.41) is 0. The van der Waals surface area contributed by atoms with Crippen LogP contribution in [-0.2, 0) is 23.8 Å². The molecule has 2 saturated carbocycles. The molecule has 2 bridgehead atoms. The number of benzene rings is 1. The predicted octanol–water partition coefficient (Wildman–Crippen LogP) is 3.31. The Morgan fingerprint density at radius 3 is 2.22 bits per heavy atom. The van der Waals surface area contributed by atoms with E-state index >= 15 is 0 Å². The van der Waals surface area contributed by atoms with Gasteiger partial charge in [-0.05, 0) is 37.3 Å². The molecule has 0 radical (unpaired) electrons. The molecule has 6 heteroatoms. The van der Waals surface area contributed by atoms with Gasteiger partial charge in [0.1, 0.15) is 0 Å². The van der Waals surface area contributed by atoms with Crippen molar-refractivity contribution in [3.05, 3.63) is 54.6 Å². The molecule has 0 aromatic heterocycles. The van der Waals surface area contributed by atoms with Crippen LogP contribution in [0.1, 0.15) is 12.0 Å². The Balaban J connectivity index is 1.66. The third-order valence-electron chi connectivity index (χ3n) is 6.66. The van der Waals surface area contributed by atoms with E-state index in [1.165, 1.54) is 0 Å². The zero-order valence-electron chi connectivity index (χ0n) is 15.9. The molecule has 0 heterocycles. The highest BCUT2D eigenvalue weighted by molar-refractivity contribution is 7.86. The van der Waals surface area contributed by atoms with Crippen molar-refractivity contribution in [3.8, 4) is 0 Å². The van der Waals surface area contributed by atoms with Crippen molar-refractivity contribution in [2.75, 3.05) is 14.2 Å². The zero-order chi connectivity index (χ0) is 19.4. The zero-order valence-corrected chi connectivity index (χ0v) is 16.7. The maximum absolute atomic E-state index is 12.9. The van der Waals surface area contributed by atoms with Crippen LogP contribution in [0, 0.1) is 36.5 Å². The SMILES string of the molecule is C=C[C@@H]1C[C@H](OS(=O)(=O)c2ccc(C)cc2)[C@H]2[C@H]1[C@@H]1C=C[C@H]2C1(OC)OC. The molecular formula is C21H26O5S. The molecule has 2 fully saturated rings. The maximum atomic E-state index is 12.9. The van der Waals surface area contributed by atoms with Crippen LogP contribution in [0.5, 0.6) is 0 Å². The minimum Gasteiger partial charge on any atom is -0.352 e. The van der Waals surface area contributed by atoms with E-state index in [1.807, 2.05) is 13.0 Å². The lowest BCUT2D eigenvalue weighted by Gasteiger charge is -2.34. The van der Waals surface area contributed by atoms with Gasteiger partial charge in [-0.15, -0.1) is 6.58 Å². The first kappa shape index (κ1) is 18.9. The van der Waals surface area contributed by atoms with Crippen LogP contribution >= 0.6 is 0 Å². The van der Waals surface area contributed by atoms with Gasteiger partial charge in [-0.1, -0.05) is 35.9 Å². The molecule has 3 aliphatic rings. The highest BCUT2D eigenvalue weighted by Crippen LogP contribution is 2.64. The fourth-order valence-electron chi connectivity index (χ4n) is 5.52. The van der Waals surface area contributed by atoms with E-state index < -0.39 is 22.0 Å². The average molecular weight is 391 g/mol. The van der Waals surface area contributed by atoms with Gasteiger partial charge in [0.2, 0.25) is 0 Å². The molecule has 1 aromatic carbocycles. The summed E-state index contributed by atoms with van der Waals surface area (Å²) in [5.41, 5.74) is 1.00. The molecule has 4 rings (SSSR count). The van der Waals surface area contributed by atoms with Crippen LogP contribution in [0.25, 0.3) is 0 Å². The van der Waals surface area contributed by atoms with Crippen LogP contribution in [0.4, 0.5) is 0 Å². The van der Waals surface area contributed by atoms with E-state index in [9.17, 15) is 8.42 Å². The number of hydrogen-bond donors (Lipinski definition) is 0. The van der Waals surface area contributed by atoms with E-state index in [0.717, 1.165) is 5.56 Å². The normalized spacial score (nSPS) is 36.1. The summed E-state index contributed by atoms with van der Waals surface area (Å²) in [7, 11) is -0.534. The fraction of sp³-hybridized carbons (Fsp3) is 0.524. The number of ether oxygens (including phenoxy) is 2. The molecule has 0 unspecified atom stereocenters. The van der Waals surface area contributed by atoms with Crippen molar-refractivity contribution < 1.29 is 22.1 Å². The van der Waals surface area contributed by atoms with Crippen molar-refractivity contribution in [1.29, 1.82) is 0 Å². The summed E-state index contributed by atoms with van der Waals surface area (Å²) in [6.45, 7) is 5.89. The Morgan fingerprint density at radius 1 is 1.07 bits per heavy atom. The minimum absolute atomic E-state index is 0.0168. The van der Waals surface area contributed by atoms with Gasteiger partial charge >= 0.3 is 0 Å². The van der Waals surface area contributed by atoms with Crippen LogP contribution in [0.15, 0.2) is 54.0 Å². The van der Waals surface area contributed by atoms with Gasteiger partial charge in [0, 0.05) is 32.0 Å². The highest BCUT2D eigenvalue weighted by Gasteiger charge is 2.68. The number of rotatable bonds is 6. The van der Waals surface area contributed by atoms with Crippen LogP contribution in [0.2, 0.25) is 0 Å². The summed E-state index contributed by atoms with van der Waals surface area (Å²) >= 11 is 0. The smallest absolute Gasteiger partial charge is 0.297 e. The number of methoxy groups -OCH3 is 2. The molecule has 27 heavy (non-hydrogen) atoms. The minimum atomic E-state index is -3.84. The van der Waals surface area contributed by atoms with Gasteiger partial charge in [-0.3, -0.25) is 4.18 Å². The van der Waals surface area contributed by atoms with E-state index in [4.69, 9.17) is 13.7 Å². The second-order valence-electron chi connectivity index (χ2n) is 7.76. The topological polar surface area (TPSA) is 61.8 Å². The monoisotopic (exact) mass is 390 g/mol. The number of fused-ring (bicyclic) bond motifs is 5. The molecule has 0 N–H and O–H groups in total. The van der Waals surface area contributed by atoms with Crippen LogP contribution in [-0.4, -0.2) is 34.5 Å². The Hall–Kier alpha value is -1.47. The molecule has 0 saturated heterocycles. The van der Waals surface area contributed by atoms with E-state index in [-0.39, 0.29) is 34.5 Å². The molecule has 146 valence electrons. The van der Waals surface area contributed by atoms with Gasteiger partial charge in [0.05, 0.1) is 11.0 Å². The lowest BCUT2D eigenvalue weighted by molar-refractivity contribution is -0.237. The second-order valence-corrected chi connectivity index (χ2v) is 9.33. The Labute approximate surface area is 161 Å². The third kappa shape index (κ3) is 2.65. The van der Waals surface area contributed by atoms with E-state index in [0.29, 0.717) is 6.42 Å². The third-order valence-corrected chi connectivity index (χ3v) is 8.01. The summed E-state index contributed by atoms with van der Waals surface area (Å²) < 4.78 is 43.1. The molecule has 0 aliphatic heterocycles. The van der Waals surface area contributed by atoms with Crippen LogP contribution in [0.3, 0.4) is 0 Å². The predicted molar refractivity (Wildman–Crippen MR) is 101 cm³/mol. The van der Waals surface area contributed by atoms with Gasteiger partial charge in [-0.2, -0.15) is 8.42 Å². The van der Waals surface area contributed by atoms with Crippen molar-refractivity contribution in [3.63, 3.8) is 0 Å². The van der Waals surface area contributed by atoms with Gasteiger partial charge in [0.15, 0.2) is 5.79 Å². The number of hydrogen-bond acceptors (Lipinski definition) is 5. The molecule has 3 aliphatic carbocycles. The quantitative estimate of drug-likeness (QED) is 0.424. The highest BCUT2D eigenvalue weighted by atomic mass is 32.2. The summed E-state index contributed by atoms with van der Waals surface area (Å²) in [6, 6.07) is 6.75. The first-order valence-electron chi connectivity index (χ1n) is 9.29. The Kier molecular flexibility index (Phi) is 4.58. The molecule has 0 amide bonds. The summed E-state index contributed by atoms with van der Waals surface area (Å²) in [6.07, 6.45) is 6.38. The van der Waals surface area contributed by atoms with Crippen molar-refractivity contribution >= 4 is 10.1 Å². The molecule has 6 atom stereocenters. The molecule has 1 aromatic rings. The number of aryl methyl sites for hydroxylation is 1. The van der Waals surface area contributed by atoms with Crippen molar-refractivity contribution in [1.82, 2.24) is 0 Å². The van der Waals surface area contributed by atoms with Gasteiger partial charge < -0.3 is 9.47 Å². The lowest BCUT2D eigenvalue weighted by atomic mass is 9.81. The summed E-state index contributed by atoms with van der Waals surface area (Å²) in [4.78, 5) is 0.190. The maximum Gasteiger partial charge on any atom is 0.297 e. The van der Waals surface area contributed by atoms with Crippen molar-refractivity contribution in [2.24, 2.45) is 29.6 Å². The molecule has 0 spiro atoms. The van der Waals surface area contributed by atoms with E-state index in [2.05, 4.69) is 18.7 Å². The van der Waals surface area contributed by atoms with Crippen LogP contribution < -0.4 is 0 Å². The summed E-state index contributed by atoms with van der Waals surface area (Å²) in [5.74, 6) is -0.324.